The van der Waals surface area contributed by atoms with E-state index in [4.69, 9.17) is 21.7 Å². The number of hydrogen-bond acceptors (Lipinski definition) is 10. The van der Waals surface area contributed by atoms with Crippen molar-refractivity contribution in [1.29, 1.82) is 0 Å². The number of non-ortho nitro benzene ring substituents is 1. The topological polar surface area (TPSA) is 137 Å². The number of carbonyl (C=O) groups excluding carboxylic acids is 1. The van der Waals surface area contributed by atoms with Crippen LogP contribution >= 0.6 is 24.0 Å². The van der Waals surface area contributed by atoms with Gasteiger partial charge in [-0.15, -0.1) is 0 Å². The largest absolute Gasteiger partial charge is 0.493 e. The summed E-state index contributed by atoms with van der Waals surface area (Å²) in [7, 11) is 1.50. The molecule has 0 aromatic heterocycles. The van der Waals surface area contributed by atoms with E-state index in [1.807, 2.05) is 6.92 Å². The van der Waals surface area contributed by atoms with Crippen molar-refractivity contribution in [2.45, 2.75) is 6.92 Å². The molecule has 1 aliphatic rings. The van der Waals surface area contributed by atoms with E-state index in [0.29, 0.717) is 23.7 Å². The minimum Gasteiger partial charge on any atom is -0.493 e. The maximum atomic E-state index is 12.9. The number of nitrogens with one attached hydrogen (secondary N) is 1. The molecule has 0 spiro atoms. The van der Waals surface area contributed by atoms with Gasteiger partial charge in [-0.3, -0.25) is 30.4 Å². The quantitative estimate of drug-likeness (QED) is 0.256. The van der Waals surface area contributed by atoms with Gasteiger partial charge in [-0.1, -0.05) is 17.8 Å². The molecular formula is C19H16N4O7S2. The Morgan fingerprint density at radius 2 is 1.91 bits per heavy atom. The SMILES string of the molecule is CCOc1ccc(C=C2SC(=S)N(Nc3ccc([N+](=O)[O-])cc3[N+](=O)[O-])C2=O)cc1OC. The van der Waals surface area contributed by atoms with Crippen LogP contribution in [-0.2, 0) is 4.79 Å². The van der Waals surface area contributed by atoms with Gasteiger partial charge in [0.15, 0.2) is 15.8 Å². The van der Waals surface area contributed by atoms with Gasteiger partial charge in [0.2, 0.25) is 0 Å². The molecule has 1 saturated heterocycles. The summed E-state index contributed by atoms with van der Waals surface area (Å²) in [6, 6.07) is 8.21. The van der Waals surface area contributed by atoms with Crippen LogP contribution in [0.1, 0.15) is 12.5 Å². The molecule has 1 fully saturated rings. The van der Waals surface area contributed by atoms with Crippen molar-refractivity contribution >= 4 is 57.3 Å². The van der Waals surface area contributed by atoms with Crippen molar-refractivity contribution in [2.24, 2.45) is 0 Å². The van der Waals surface area contributed by atoms with Crippen molar-refractivity contribution in [3.05, 3.63) is 67.1 Å². The number of nitrogens with zero attached hydrogens (tertiary/aromatic N) is 3. The second kappa shape index (κ2) is 9.62. The lowest BCUT2D eigenvalue weighted by Crippen LogP contribution is -2.34. The van der Waals surface area contributed by atoms with Crippen molar-refractivity contribution in [1.82, 2.24) is 5.01 Å². The van der Waals surface area contributed by atoms with Crippen LogP contribution in [0.5, 0.6) is 11.5 Å². The number of thioether (sulfide) groups is 1. The van der Waals surface area contributed by atoms with Crippen LogP contribution in [-0.4, -0.2) is 38.8 Å². The van der Waals surface area contributed by atoms with Gasteiger partial charge < -0.3 is 9.47 Å². The first-order valence-electron chi connectivity index (χ1n) is 9.03. The third kappa shape index (κ3) is 4.78. The zero-order valence-corrected chi connectivity index (χ0v) is 18.4. The average molecular weight is 476 g/mol. The molecule has 1 amide bonds. The van der Waals surface area contributed by atoms with E-state index in [0.717, 1.165) is 35.0 Å². The number of thiocarbonyl (C=S) groups is 1. The molecule has 1 heterocycles. The Morgan fingerprint density at radius 3 is 2.53 bits per heavy atom. The van der Waals surface area contributed by atoms with E-state index < -0.39 is 27.1 Å². The first-order valence-corrected chi connectivity index (χ1v) is 10.3. The molecule has 13 heteroatoms. The van der Waals surface area contributed by atoms with Gasteiger partial charge in [0.05, 0.1) is 34.5 Å². The Labute approximate surface area is 191 Å². The zero-order valence-electron chi connectivity index (χ0n) is 16.8. The maximum Gasteiger partial charge on any atom is 0.300 e. The first-order chi connectivity index (χ1) is 15.2. The fourth-order valence-corrected chi connectivity index (χ4v) is 3.94. The number of carbonyl (C=O) groups is 1. The minimum atomic E-state index is -0.783. The molecule has 1 aliphatic heterocycles. The summed E-state index contributed by atoms with van der Waals surface area (Å²) in [5, 5.41) is 23.2. The second-order valence-electron chi connectivity index (χ2n) is 6.19. The predicted molar refractivity (Wildman–Crippen MR) is 123 cm³/mol. The van der Waals surface area contributed by atoms with E-state index in [1.165, 1.54) is 7.11 Å². The van der Waals surface area contributed by atoms with Crippen molar-refractivity contribution in [3.63, 3.8) is 0 Å². The molecule has 2 aromatic carbocycles. The van der Waals surface area contributed by atoms with Crippen LogP contribution < -0.4 is 14.9 Å². The Balaban J connectivity index is 1.87. The molecule has 0 atom stereocenters. The highest BCUT2D eigenvalue weighted by Gasteiger charge is 2.34. The number of amides is 1. The molecular weight excluding hydrogens is 460 g/mol. The summed E-state index contributed by atoms with van der Waals surface area (Å²) < 4.78 is 10.9. The number of rotatable bonds is 8. The number of anilines is 1. The van der Waals surface area contributed by atoms with Gasteiger partial charge in [0.25, 0.3) is 11.6 Å². The van der Waals surface area contributed by atoms with Gasteiger partial charge in [0.1, 0.15) is 5.69 Å². The molecule has 2 aromatic rings. The number of hydrogen-bond donors (Lipinski definition) is 1. The van der Waals surface area contributed by atoms with E-state index in [-0.39, 0.29) is 14.9 Å². The highest BCUT2D eigenvalue weighted by atomic mass is 32.2. The molecule has 3 rings (SSSR count). The Kier molecular flexibility index (Phi) is 6.90. The number of hydrazine groups is 1. The lowest BCUT2D eigenvalue weighted by molar-refractivity contribution is -0.393. The van der Waals surface area contributed by atoms with Crippen molar-refractivity contribution in [3.8, 4) is 11.5 Å². The third-order valence-corrected chi connectivity index (χ3v) is 5.50. The fraction of sp³-hybridized carbons (Fsp3) is 0.158. The molecule has 0 radical (unpaired) electrons. The van der Waals surface area contributed by atoms with Gasteiger partial charge in [0, 0.05) is 6.07 Å². The summed E-state index contributed by atoms with van der Waals surface area (Å²) in [5.41, 5.74) is 2.13. The van der Waals surface area contributed by atoms with E-state index in [9.17, 15) is 25.0 Å². The van der Waals surface area contributed by atoms with E-state index in [2.05, 4.69) is 5.43 Å². The Bertz CT molecular complexity index is 1150. The van der Waals surface area contributed by atoms with Crippen molar-refractivity contribution in [2.75, 3.05) is 19.1 Å². The third-order valence-electron chi connectivity index (χ3n) is 4.20. The summed E-state index contributed by atoms with van der Waals surface area (Å²) >= 11 is 6.23. The number of benzene rings is 2. The average Bonchev–Trinajstić information content (AvgIpc) is 3.02. The normalized spacial score (nSPS) is 14.6. The maximum absolute atomic E-state index is 12.9. The number of ether oxygens (including phenoxy) is 2. The van der Waals surface area contributed by atoms with Crippen LogP contribution in [0.3, 0.4) is 0 Å². The first kappa shape index (κ1) is 23.0. The molecule has 0 aliphatic carbocycles. The van der Waals surface area contributed by atoms with Crippen molar-refractivity contribution < 1.29 is 24.1 Å². The summed E-state index contributed by atoms with van der Waals surface area (Å²) in [5.74, 6) is 0.531. The van der Waals surface area contributed by atoms with Gasteiger partial charge >= 0.3 is 5.69 Å². The van der Waals surface area contributed by atoms with Crippen LogP contribution in [0.4, 0.5) is 17.1 Å². The lowest BCUT2D eigenvalue weighted by atomic mass is 10.2. The standard InChI is InChI=1S/C19H16N4O7S2/c1-3-30-15-7-4-11(8-16(15)29-2)9-17-18(24)21(19(31)32-17)20-13-6-5-12(22(25)26)10-14(13)23(27)28/h4-10,20H,3H2,1-2H3. The zero-order chi connectivity index (χ0) is 23.4. The van der Waals surface area contributed by atoms with Gasteiger partial charge in [-0.25, -0.2) is 5.01 Å². The monoisotopic (exact) mass is 476 g/mol. The number of nitro groups is 2. The summed E-state index contributed by atoms with van der Waals surface area (Å²) in [6.45, 7) is 2.32. The molecule has 0 unspecified atom stereocenters. The molecule has 166 valence electrons. The van der Waals surface area contributed by atoms with Crippen LogP contribution in [0.15, 0.2) is 41.3 Å². The molecule has 11 nitrogen and oxygen atoms in total. The van der Waals surface area contributed by atoms with Gasteiger partial charge in [-0.05, 0) is 49.0 Å². The minimum absolute atomic E-state index is 0.110. The Hall–Kier alpha value is -3.71. The smallest absolute Gasteiger partial charge is 0.300 e. The fourth-order valence-electron chi connectivity index (χ4n) is 2.76. The van der Waals surface area contributed by atoms with E-state index >= 15 is 0 Å². The highest BCUT2D eigenvalue weighted by molar-refractivity contribution is 8.26. The molecule has 0 bridgehead atoms. The van der Waals surface area contributed by atoms with Gasteiger partial charge in [-0.2, -0.15) is 0 Å². The lowest BCUT2D eigenvalue weighted by Gasteiger charge is -2.16. The molecule has 0 saturated carbocycles. The number of nitro benzene ring substituents is 2. The Morgan fingerprint density at radius 1 is 1.16 bits per heavy atom. The van der Waals surface area contributed by atoms with E-state index in [1.54, 1.807) is 24.3 Å². The second-order valence-corrected chi connectivity index (χ2v) is 7.86. The van der Waals surface area contributed by atoms with Crippen LogP contribution in [0.2, 0.25) is 0 Å². The molecule has 1 N–H and O–H groups in total. The van der Waals surface area contributed by atoms with Crippen LogP contribution in [0.25, 0.3) is 6.08 Å². The predicted octanol–water partition coefficient (Wildman–Crippen LogP) is 4.14. The summed E-state index contributed by atoms with van der Waals surface area (Å²) in [4.78, 5) is 33.9. The number of methoxy groups -OCH3 is 1. The summed E-state index contributed by atoms with van der Waals surface area (Å²) in [6.07, 6.45) is 1.60. The highest BCUT2D eigenvalue weighted by Crippen LogP contribution is 2.36. The molecule has 32 heavy (non-hydrogen) atoms. The van der Waals surface area contributed by atoms with Crippen LogP contribution in [0, 0.1) is 20.2 Å².